The van der Waals surface area contributed by atoms with E-state index in [1.54, 1.807) is 11.3 Å². The van der Waals surface area contributed by atoms with Gasteiger partial charge < -0.3 is 4.90 Å². The van der Waals surface area contributed by atoms with E-state index in [2.05, 4.69) is 58.1 Å². The fraction of sp³-hybridized carbons (Fsp3) is 0.368. The molecule has 0 spiro atoms. The maximum absolute atomic E-state index is 4.80. The summed E-state index contributed by atoms with van der Waals surface area (Å²) >= 11 is 1.67. The minimum atomic E-state index is 0.707. The zero-order valence-electron chi connectivity index (χ0n) is 13.9. The molecule has 0 saturated carbocycles. The lowest BCUT2D eigenvalue weighted by Gasteiger charge is -2.29. The van der Waals surface area contributed by atoms with E-state index in [0.29, 0.717) is 5.92 Å². The second-order valence-corrected chi connectivity index (χ2v) is 7.51. The molecule has 0 unspecified atom stereocenters. The number of benzene rings is 1. The van der Waals surface area contributed by atoms with E-state index in [0.717, 1.165) is 28.4 Å². The van der Waals surface area contributed by atoms with E-state index < -0.39 is 0 Å². The third-order valence-corrected chi connectivity index (χ3v) is 5.47. The molecule has 1 aliphatic heterocycles. The van der Waals surface area contributed by atoms with E-state index in [1.165, 1.54) is 25.9 Å². The summed E-state index contributed by atoms with van der Waals surface area (Å²) in [4.78, 5) is 6.83. The third kappa shape index (κ3) is 3.42. The molecule has 3 heterocycles. The first-order valence-electron chi connectivity index (χ1n) is 8.50. The van der Waals surface area contributed by atoms with Crippen LogP contribution in [0.5, 0.6) is 0 Å². The number of aromatic nitrogens is 3. The van der Waals surface area contributed by atoms with Crippen LogP contribution >= 0.6 is 11.3 Å². The summed E-state index contributed by atoms with van der Waals surface area (Å²) in [6, 6.07) is 10.6. The number of hydrogen-bond acceptors (Lipinski definition) is 4. The number of nitrogens with zero attached hydrogens (tertiary/aromatic N) is 4. The van der Waals surface area contributed by atoms with Gasteiger partial charge in [-0.15, -0.1) is 11.3 Å². The Morgan fingerprint density at radius 1 is 1.25 bits per heavy atom. The molecule has 0 radical (unpaired) electrons. The van der Waals surface area contributed by atoms with Crippen LogP contribution in [0.3, 0.4) is 0 Å². The van der Waals surface area contributed by atoms with Gasteiger partial charge in [-0.1, -0.05) is 18.2 Å². The van der Waals surface area contributed by atoms with Crippen LogP contribution in [0.4, 0.5) is 0 Å². The highest BCUT2D eigenvalue weighted by atomic mass is 32.1. The van der Waals surface area contributed by atoms with Crippen molar-refractivity contribution in [2.75, 3.05) is 20.1 Å². The molecular formula is C19H22N4S. The van der Waals surface area contributed by atoms with Gasteiger partial charge in [-0.05, 0) is 44.5 Å². The standard InChI is InChI=1S/C19H22N4S/c1-22-9-3-4-15(13-22)14-23-10-7-18(21-23)16-5-2-6-17(12-16)19-20-8-11-24-19/h2,5-8,10-12,15H,3-4,9,13-14H2,1H3/t15-/m1/s1. The Labute approximate surface area is 146 Å². The molecule has 0 N–H and O–H groups in total. The van der Waals surface area contributed by atoms with E-state index in [9.17, 15) is 0 Å². The minimum Gasteiger partial charge on any atom is -0.306 e. The fourth-order valence-electron chi connectivity index (χ4n) is 3.48. The van der Waals surface area contributed by atoms with Crippen LogP contribution in [0.1, 0.15) is 12.8 Å². The van der Waals surface area contributed by atoms with Crippen molar-refractivity contribution in [3.8, 4) is 21.8 Å². The van der Waals surface area contributed by atoms with Crippen molar-refractivity contribution in [2.24, 2.45) is 5.92 Å². The number of likely N-dealkylation sites (tertiary alicyclic amines) is 1. The summed E-state index contributed by atoms with van der Waals surface area (Å²) < 4.78 is 2.11. The highest BCUT2D eigenvalue weighted by Gasteiger charge is 2.18. The number of hydrogen-bond donors (Lipinski definition) is 0. The van der Waals surface area contributed by atoms with Crippen molar-refractivity contribution in [3.63, 3.8) is 0 Å². The molecule has 1 atom stereocenters. The van der Waals surface area contributed by atoms with Gasteiger partial charge in [0.2, 0.25) is 0 Å². The Morgan fingerprint density at radius 2 is 2.17 bits per heavy atom. The lowest BCUT2D eigenvalue weighted by atomic mass is 9.99. The summed E-state index contributed by atoms with van der Waals surface area (Å²) in [6.45, 7) is 3.41. The van der Waals surface area contributed by atoms with Crippen LogP contribution in [0.2, 0.25) is 0 Å². The van der Waals surface area contributed by atoms with Crippen LogP contribution in [0, 0.1) is 5.92 Å². The van der Waals surface area contributed by atoms with Gasteiger partial charge >= 0.3 is 0 Å². The van der Waals surface area contributed by atoms with Crippen molar-refractivity contribution in [2.45, 2.75) is 19.4 Å². The second-order valence-electron chi connectivity index (χ2n) is 6.61. The Morgan fingerprint density at radius 3 is 3.00 bits per heavy atom. The smallest absolute Gasteiger partial charge is 0.123 e. The van der Waals surface area contributed by atoms with Crippen molar-refractivity contribution in [3.05, 3.63) is 48.1 Å². The van der Waals surface area contributed by atoms with Crippen molar-refractivity contribution in [1.29, 1.82) is 0 Å². The van der Waals surface area contributed by atoms with Gasteiger partial charge in [-0.3, -0.25) is 4.68 Å². The van der Waals surface area contributed by atoms with Crippen LogP contribution in [0.15, 0.2) is 48.1 Å². The molecule has 4 rings (SSSR count). The van der Waals surface area contributed by atoms with Gasteiger partial charge in [-0.25, -0.2) is 4.98 Å². The number of piperidine rings is 1. The maximum Gasteiger partial charge on any atom is 0.123 e. The molecule has 1 fully saturated rings. The Bertz CT molecular complexity index is 793. The fourth-order valence-corrected chi connectivity index (χ4v) is 4.12. The van der Waals surface area contributed by atoms with Crippen LogP contribution in [-0.4, -0.2) is 39.8 Å². The summed E-state index contributed by atoms with van der Waals surface area (Å²) in [5.41, 5.74) is 3.35. The number of rotatable bonds is 4. The highest BCUT2D eigenvalue weighted by molar-refractivity contribution is 7.13. The Kier molecular flexibility index (Phi) is 4.45. The van der Waals surface area contributed by atoms with Crippen molar-refractivity contribution >= 4 is 11.3 Å². The molecule has 0 aliphatic carbocycles. The van der Waals surface area contributed by atoms with Crippen LogP contribution in [0.25, 0.3) is 21.8 Å². The van der Waals surface area contributed by atoms with Crippen LogP contribution in [-0.2, 0) is 6.54 Å². The molecule has 5 heteroatoms. The average Bonchev–Trinajstić information content (AvgIpc) is 3.27. The third-order valence-electron chi connectivity index (χ3n) is 4.65. The molecule has 0 amide bonds. The van der Waals surface area contributed by atoms with E-state index in [1.807, 2.05) is 11.6 Å². The molecule has 2 aromatic heterocycles. The predicted molar refractivity (Wildman–Crippen MR) is 99.0 cm³/mol. The van der Waals surface area contributed by atoms with Gasteiger partial charge in [0.05, 0.1) is 5.69 Å². The molecular weight excluding hydrogens is 316 g/mol. The normalized spacial score (nSPS) is 18.8. The summed E-state index contributed by atoms with van der Waals surface area (Å²) in [5, 5.41) is 7.87. The first-order chi connectivity index (χ1) is 11.8. The summed E-state index contributed by atoms with van der Waals surface area (Å²) in [6.07, 6.45) is 6.56. The Hall–Kier alpha value is -1.98. The quantitative estimate of drug-likeness (QED) is 0.720. The molecule has 1 aromatic carbocycles. The lowest BCUT2D eigenvalue weighted by molar-refractivity contribution is 0.191. The molecule has 4 nitrogen and oxygen atoms in total. The predicted octanol–water partition coefficient (Wildman–Crippen LogP) is 4.02. The highest BCUT2D eigenvalue weighted by Crippen LogP contribution is 2.27. The average molecular weight is 338 g/mol. The first kappa shape index (κ1) is 15.5. The first-order valence-corrected chi connectivity index (χ1v) is 9.38. The van der Waals surface area contributed by atoms with Crippen molar-refractivity contribution < 1.29 is 0 Å². The zero-order valence-corrected chi connectivity index (χ0v) is 14.7. The molecule has 0 bridgehead atoms. The van der Waals surface area contributed by atoms with Gasteiger partial charge in [0.1, 0.15) is 5.01 Å². The summed E-state index contributed by atoms with van der Waals surface area (Å²) in [5.74, 6) is 0.707. The van der Waals surface area contributed by atoms with Gasteiger partial charge in [-0.2, -0.15) is 5.10 Å². The molecule has 1 aliphatic rings. The van der Waals surface area contributed by atoms with Crippen LogP contribution < -0.4 is 0 Å². The zero-order chi connectivity index (χ0) is 16.4. The van der Waals surface area contributed by atoms with Gasteiger partial charge in [0, 0.05) is 42.0 Å². The summed E-state index contributed by atoms with van der Waals surface area (Å²) in [7, 11) is 2.21. The second kappa shape index (κ2) is 6.87. The minimum absolute atomic E-state index is 0.707. The van der Waals surface area contributed by atoms with Gasteiger partial charge in [0.25, 0.3) is 0 Å². The number of thiazole rings is 1. The monoisotopic (exact) mass is 338 g/mol. The largest absolute Gasteiger partial charge is 0.306 e. The molecule has 24 heavy (non-hydrogen) atoms. The van der Waals surface area contributed by atoms with Crippen molar-refractivity contribution in [1.82, 2.24) is 19.7 Å². The molecule has 1 saturated heterocycles. The SMILES string of the molecule is CN1CCC[C@@H](Cn2ccc(-c3cccc(-c4nccs4)c3)n2)C1. The molecule has 3 aromatic rings. The van der Waals surface area contributed by atoms with E-state index >= 15 is 0 Å². The van der Waals surface area contributed by atoms with E-state index in [4.69, 9.17) is 5.10 Å². The lowest BCUT2D eigenvalue weighted by Crippen LogP contribution is -2.34. The maximum atomic E-state index is 4.80. The van der Waals surface area contributed by atoms with E-state index in [-0.39, 0.29) is 0 Å². The topological polar surface area (TPSA) is 34.0 Å². The molecule has 124 valence electrons. The van der Waals surface area contributed by atoms with Gasteiger partial charge in [0.15, 0.2) is 0 Å². The Balaban J connectivity index is 1.51.